The summed E-state index contributed by atoms with van der Waals surface area (Å²) in [4.78, 5) is 4.04. The van der Waals surface area contributed by atoms with Crippen molar-refractivity contribution in [1.82, 2.24) is 10.1 Å². The van der Waals surface area contributed by atoms with E-state index in [4.69, 9.17) is 4.74 Å². The lowest BCUT2D eigenvalue weighted by Gasteiger charge is -2.07. The van der Waals surface area contributed by atoms with Gasteiger partial charge in [-0.2, -0.15) is 8.78 Å². The van der Waals surface area contributed by atoms with Crippen molar-refractivity contribution in [2.45, 2.75) is 19.5 Å². The highest BCUT2D eigenvalue weighted by Gasteiger charge is 2.29. The van der Waals surface area contributed by atoms with Gasteiger partial charge in [0.05, 0.1) is 0 Å². The molecule has 0 unspecified atom stereocenters. The maximum atomic E-state index is 13.1. The van der Waals surface area contributed by atoms with Crippen LogP contribution in [-0.2, 0) is 12.5 Å². The van der Waals surface area contributed by atoms with E-state index in [1.165, 1.54) is 6.07 Å². The summed E-state index contributed by atoms with van der Waals surface area (Å²) in [5, 5.41) is 5.43. The molecule has 0 atom stereocenters. The quantitative estimate of drug-likeness (QED) is 0.731. The lowest BCUT2D eigenvalue weighted by atomic mass is 10.1. The van der Waals surface area contributed by atoms with Crippen LogP contribution in [0.15, 0.2) is 47.2 Å². The molecule has 6 heteroatoms. The molecular formula is C15H12F2N2O2. The first kappa shape index (κ1) is 13.5. The number of aromatic nitrogens is 2. The van der Waals surface area contributed by atoms with Gasteiger partial charge in [0.2, 0.25) is 5.76 Å². The van der Waals surface area contributed by atoms with Gasteiger partial charge in [-0.1, -0.05) is 17.3 Å². The molecule has 0 fully saturated rings. The third kappa shape index (κ3) is 2.84. The molecule has 4 nitrogen and oxygen atoms in total. The lowest BCUT2D eigenvalue weighted by Crippen LogP contribution is -2.04. The van der Waals surface area contributed by atoms with E-state index in [1.54, 1.807) is 18.5 Å². The average Bonchev–Trinajstić information content (AvgIpc) is 2.94. The van der Waals surface area contributed by atoms with Crippen LogP contribution in [0.2, 0.25) is 0 Å². The Morgan fingerprint density at radius 2 is 2.14 bits per heavy atom. The zero-order valence-corrected chi connectivity index (χ0v) is 11.2. The fourth-order valence-corrected chi connectivity index (χ4v) is 1.96. The zero-order chi connectivity index (χ0) is 14.9. The second-order valence-corrected chi connectivity index (χ2v) is 4.71. The first-order valence-corrected chi connectivity index (χ1v) is 6.33. The Bertz CT molecular complexity index is 760. The number of hydrogen-bond donors (Lipinski definition) is 0. The minimum Gasteiger partial charge on any atom is -0.487 e. The molecule has 0 saturated heterocycles. The summed E-state index contributed by atoms with van der Waals surface area (Å²) in [7, 11) is 0. The molecule has 0 amide bonds. The Morgan fingerprint density at radius 3 is 2.90 bits per heavy atom. The number of pyridine rings is 1. The van der Waals surface area contributed by atoms with Crippen molar-refractivity contribution in [3.05, 3.63) is 54.2 Å². The van der Waals surface area contributed by atoms with E-state index in [0.717, 1.165) is 17.7 Å². The Balaban J connectivity index is 1.79. The first-order valence-electron chi connectivity index (χ1n) is 6.33. The van der Waals surface area contributed by atoms with E-state index in [1.807, 2.05) is 18.2 Å². The van der Waals surface area contributed by atoms with Crippen LogP contribution in [0, 0.1) is 0 Å². The van der Waals surface area contributed by atoms with Gasteiger partial charge in [-0.05, 0) is 12.1 Å². The molecule has 3 rings (SSSR count). The van der Waals surface area contributed by atoms with Gasteiger partial charge in [-0.15, -0.1) is 0 Å². The predicted octanol–water partition coefficient (Wildman–Crippen LogP) is 3.91. The van der Waals surface area contributed by atoms with Crippen molar-refractivity contribution in [2.75, 3.05) is 0 Å². The van der Waals surface area contributed by atoms with Crippen LogP contribution >= 0.6 is 0 Å². The molecule has 2 aromatic heterocycles. The molecule has 0 bridgehead atoms. The van der Waals surface area contributed by atoms with E-state index in [0.29, 0.717) is 11.4 Å². The zero-order valence-electron chi connectivity index (χ0n) is 11.2. The number of halogens is 2. The average molecular weight is 290 g/mol. The highest BCUT2D eigenvalue weighted by molar-refractivity contribution is 5.87. The number of alkyl halides is 2. The normalized spacial score (nSPS) is 11.8. The third-order valence-electron chi connectivity index (χ3n) is 3.01. The van der Waals surface area contributed by atoms with Crippen LogP contribution in [0.3, 0.4) is 0 Å². The number of fused-ring (bicyclic) bond motifs is 1. The summed E-state index contributed by atoms with van der Waals surface area (Å²) in [5.41, 5.74) is 0.317. The second kappa shape index (κ2) is 5.12. The largest absolute Gasteiger partial charge is 0.487 e. The van der Waals surface area contributed by atoms with Crippen molar-refractivity contribution in [3.8, 4) is 5.75 Å². The van der Waals surface area contributed by atoms with Crippen LogP contribution in [0.1, 0.15) is 18.4 Å². The molecule has 0 aliphatic carbocycles. The number of rotatable bonds is 4. The Hall–Kier alpha value is -2.50. The molecule has 21 heavy (non-hydrogen) atoms. The molecule has 3 aromatic rings. The van der Waals surface area contributed by atoms with Gasteiger partial charge in [0, 0.05) is 36.2 Å². The maximum absolute atomic E-state index is 13.1. The van der Waals surface area contributed by atoms with Crippen molar-refractivity contribution in [3.63, 3.8) is 0 Å². The molecule has 0 radical (unpaired) electrons. The number of benzene rings is 1. The van der Waals surface area contributed by atoms with Crippen LogP contribution in [-0.4, -0.2) is 10.1 Å². The first-order chi connectivity index (χ1) is 10.0. The van der Waals surface area contributed by atoms with E-state index < -0.39 is 11.7 Å². The molecule has 0 N–H and O–H groups in total. The number of hydrogen-bond acceptors (Lipinski definition) is 4. The molecule has 0 spiro atoms. The summed E-state index contributed by atoms with van der Waals surface area (Å²) >= 11 is 0. The minimum absolute atomic E-state index is 0.0566. The lowest BCUT2D eigenvalue weighted by molar-refractivity contribution is -0.0106. The van der Waals surface area contributed by atoms with Crippen molar-refractivity contribution < 1.29 is 18.0 Å². The summed E-state index contributed by atoms with van der Waals surface area (Å²) in [6.07, 6.45) is 3.40. The van der Waals surface area contributed by atoms with Crippen molar-refractivity contribution >= 4 is 10.8 Å². The summed E-state index contributed by atoms with van der Waals surface area (Å²) in [6.45, 7) is 0.816. The third-order valence-corrected chi connectivity index (χ3v) is 3.01. The Kier molecular flexibility index (Phi) is 3.29. The van der Waals surface area contributed by atoms with Gasteiger partial charge in [-0.25, -0.2) is 0 Å². The highest BCUT2D eigenvalue weighted by atomic mass is 19.3. The van der Waals surface area contributed by atoms with Gasteiger partial charge in [-0.3, -0.25) is 4.98 Å². The molecule has 0 aliphatic heterocycles. The molecule has 0 aliphatic rings. The van der Waals surface area contributed by atoms with Crippen molar-refractivity contribution in [1.29, 1.82) is 0 Å². The molecule has 108 valence electrons. The van der Waals surface area contributed by atoms with E-state index in [9.17, 15) is 8.78 Å². The SMILES string of the molecule is CC(F)(F)c1cc(COc2cccc3cnccc23)no1. The smallest absolute Gasteiger partial charge is 0.304 e. The highest BCUT2D eigenvalue weighted by Crippen LogP contribution is 2.28. The van der Waals surface area contributed by atoms with Crippen LogP contribution in [0.5, 0.6) is 5.75 Å². The van der Waals surface area contributed by atoms with Gasteiger partial charge in [0.15, 0.2) is 0 Å². The summed E-state index contributed by atoms with van der Waals surface area (Å²) in [5.74, 6) is -2.87. The minimum atomic E-state index is -3.05. The monoisotopic (exact) mass is 290 g/mol. The number of ether oxygens (including phenoxy) is 1. The van der Waals surface area contributed by atoms with Crippen LogP contribution < -0.4 is 4.74 Å². The fraction of sp³-hybridized carbons (Fsp3) is 0.200. The van der Waals surface area contributed by atoms with Gasteiger partial charge in [0.1, 0.15) is 18.1 Å². The molecule has 1 aromatic carbocycles. The van der Waals surface area contributed by atoms with Crippen molar-refractivity contribution in [2.24, 2.45) is 0 Å². The predicted molar refractivity (Wildman–Crippen MR) is 72.1 cm³/mol. The fourth-order valence-electron chi connectivity index (χ4n) is 1.96. The Morgan fingerprint density at radius 1 is 1.29 bits per heavy atom. The van der Waals surface area contributed by atoms with Gasteiger partial charge < -0.3 is 9.26 Å². The summed E-state index contributed by atoms with van der Waals surface area (Å²) < 4.78 is 36.4. The van der Waals surface area contributed by atoms with Gasteiger partial charge in [0.25, 0.3) is 0 Å². The topological polar surface area (TPSA) is 48.2 Å². The maximum Gasteiger partial charge on any atom is 0.304 e. The van der Waals surface area contributed by atoms with Crippen LogP contribution in [0.4, 0.5) is 8.78 Å². The number of nitrogens with zero attached hydrogens (tertiary/aromatic N) is 2. The molecule has 2 heterocycles. The van der Waals surface area contributed by atoms with Crippen LogP contribution in [0.25, 0.3) is 10.8 Å². The van der Waals surface area contributed by atoms with Gasteiger partial charge >= 0.3 is 5.92 Å². The second-order valence-electron chi connectivity index (χ2n) is 4.71. The van der Waals surface area contributed by atoms with E-state index in [2.05, 4.69) is 14.7 Å². The molecular weight excluding hydrogens is 278 g/mol. The molecule has 0 saturated carbocycles. The standard InChI is InChI=1S/C15H12F2N2O2/c1-15(16,17)14-7-11(19-21-14)9-20-13-4-2-3-10-8-18-6-5-12(10)13/h2-8H,9H2,1H3. The summed E-state index contributed by atoms with van der Waals surface area (Å²) in [6, 6.07) is 8.60. The Labute approximate surface area is 119 Å². The van der Waals surface area contributed by atoms with E-state index in [-0.39, 0.29) is 6.61 Å². The van der Waals surface area contributed by atoms with E-state index >= 15 is 0 Å².